The van der Waals surface area contributed by atoms with Crippen LogP contribution in [0.5, 0.6) is 0 Å². The van der Waals surface area contributed by atoms with Crippen LogP contribution in [0.15, 0.2) is 60.7 Å². The van der Waals surface area contributed by atoms with Gasteiger partial charge in [-0.05, 0) is 11.1 Å². The minimum atomic E-state index is 0.739. The maximum Gasteiger partial charge on any atom is 0.0739 e. The fourth-order valence-corrected chi connectivity index (χ4v) is 4.03. The lowest BCUT2D eigenvalue weighted by molar-refractivity contribution is 0.135. The summed E-state index contributed by atoms with van der Waals surface area (Å²) < 4.78 is 5.69. The Labute approximate surface area is 122 Å². The molecule has 98 valence electrons. The average molecular weight is 278 g/mol. The van der Waals surface area contributed by atoms with Crippen LogP contribution in [0.1, 0.15) is 11.1 Å². The number of fused-ring (bicyclic) bond motifs is 1. The number of hydrogen-bond acceptors (Lipinski definition) is 2. The standard InChI is InChI=1S/C18H14OS/c1-3-7-13(8-4-1)17-15-11-19-12-16(15)18(20-17)14-9-5-2-6-10-14/h1-10H,11-12H2. The van der Waals surface area contributed by atoms with Gasteiger partial charge in [-0.15, -0.1) is 11.3 Å². The van der Waals surface area contributed by atoms with E-state index in [4.69, 9.17) is 4.74 Å². The fraction of sp³-hybridized carbons (Fsp3) is 0.111. The first-order chi connectivity index (χ1) is 9.93. The molecular weight excluding hydrogens is 264 g/mol. The van der Waals surface area contributed by atoms with E-state index in [1.807, 2.05) is 11.3 Å². The zero-order valence-electron chi connectivity index (χ0n) is 11.0. The smallest absolute Gasteiger partial charge is 0.0739 e. The van der Waals surface area contributed by atoms with Crippen molar-refractivity contribution in [1.82, 2.24) is 0 Å². The molecule has 0 saturated carbocycles. The first-order valence-electron chi connectivity index (χ1n) is 6.76. The summed E-state index contributed by atoms with van der Waals surface area (Å²) in [7, 11) is 0. The molecule has 2 aromatic carbocycles. The van der Waals surface area contributed by atoms with Crippen molar-refractivity contribution < 1.29 is 4.74 Å². The molecule has 0 N–H and O–H groups in total. The van der Waals surface area contributed by atoms with Gasteiger partial charge in [0.2, 0.25) is 0 Å². The van der Waals surface area contributed by atoms with Crippen molar-refractivity contribution in [2.45, 2.75) is 13.2 Å². The Kier molecular flexibility index (Phi) is 2.91. The molecule has 1 aliphatic rings. The first kappa shape index (κ1) is 11.9. The first-order valence-corrected chi connectivity index (χ1v) is 7.58. The van der Waals surface area contributed by atoms with Gasteiger partial charge in [0.1, 0.15) is 0 Å². The Morgan fingerprint density at radius 1 is 0.650 bits per heavy atom. The predicted molar refractivity (Wildman–Crippen MR) is 83.7 cm³/mol. The summed E-state index contributed by atoms with van der Waals surface area (Å²) >= 11 is 1.89. The van der Waals surface area contributed by atoms with Gasteiger partial charge in [0.15, 0.2) is 0 Å². The zero-order chi connectivity index (χ0) is 13.4. The highest BCUT2D eigenvalue weighted by Gasteiger charge is 2.24. The SMILES string of the molecule is c1ccc(-c2sc(-c3ccccc3)c3c2COC3)cc1. The molecule has 0 atom stereocenters. The van der Waals surface area contributed by atoms with Gasteiger partial charge < -0.3 is 4.74 Å². The molecule has 0 aliphatic carbocycles. The van der Waals surface area contributed by atoms with E-state index in [-0.39, 0.29) is 0 Å². The van der Waals surface area contributed by atoms with Crippen molar-refractivity contribution in [3.63, 3.8) is 0 Å². The molecule has 1 nitrogen and oxygen atoms in total. The van der Waals surface area contributed by atoms with Crippen molar-refractivity contribution in [3.05, 3.63) is 71.8 Å². The maximum atomic E-state index is 5.69. The summed E-state index contributed by atoms with van der Waals surface area (Å²) in [6.07, 6.45) is 0. The quantitative estimate of drug-likeness (QED) is 0.632. The minimum Gasteiger partial charge on any atom is -0.372 e. The molecule has 0 fully saturated rings. The van der Waals surface area contributed by atoms with Gasteiger partial charge in [0.25, 0.3) is 0 Å². The fourth-order valence-electron chi connectivity index (χ4n) is 2.71. The highest BCUT2D eigenvalue weighted by Crippen LogP contribution is 2.45. The molecule has 0 unspecified atom stereocenters. The van der Waals surface area contributed by atoms with Gasteiger partial charge in [0, 0.05) is 20.9 Å². The third-order valence-electron chi connectivity index (χ3n) is 3.68. The summed E-state index contributed by atoms with van der Waals surface area (Å²) in [6, 6.07) is 21.2. The van der Waals surface area contributed by atoms with E-state index in [0.717, 1.165) is 13.2 Å². The van der Waals surface area contributed by atoms with Crippen LogP contribution < -0.4 is 0 Å². The summed E-state index contributed by atoms with van der Waals surface area (Å²) in [6.45, 7) is 1.48. The highest BCUT2D eigenvalue weighted by molar-refractivity contribution is 7.19. The van der Waals surface area contributed by atoms with Crippen molar-refractivity contribution >= 4 is 11.3 Å². The normalized spacial score (nSPS) is 13.4. The number of hydrogen-bond donors (Lipinski definition) is 0. The molecule has 4 rings (SSSR count). The van der Waals surface area contributed by atoms with E-state index in [0.29, 0.717) is 0 Å². The Morgan fingerprint density at radius 3 is 1.55 bits per heavy atom. The second kappa shape index (κ2) is 4.89. The molecule has 0 radical (unpaired) electrons. The topological polar surface area (TPSA) is 9.23 Å². The summed E-state index contributed by atoms with van der Waals surface area (Å²) in [5.41, 5.74) is 5.34. The largest absolute Gasteiger partial charge is 0.372 e. The van der Waals surface area contributed by atoms with Crippen molar-refractivity contribution in [2.24, 2.45) is 0 Å². The molecule has 1 aromatic heterocycles. The second-order valence-electron chi connectivity index (χ2n) is 4.94. The number of rotatable bonds is 2. The van der Waals surface area contributed by atoms with Crippen molar-refractivity contribution in [1.29, 1.82) is 0 Å². The van der Waals surface area contributed by atoms with Gasteiger partial charge in [-0.3, -0.25) is 0 Å². The van der Waals surface area contributed by atoms with Gasteiger partial charge in [-0.25, -0.2) is 0 Å². The van der Waals surface area contributed by atoms with Gasteiger partial charge in [-0.1, -0.05) is 60.7 Å². The van der Waals surface area contributed by atoms with E-state index in [2.05, 4.69) is 60.7 Å². The van der Waals surface area contributed by atoms with Crippen LogP contribution in [-0.4, -0.2) is 0 Å². The van der Waals surface area contributed by atoms with Crippen LogP contribution in [0.3, 0.4) is 0 Å². The monoisotopic (exact) mass is 278 g/mol. The number of benzene rings is 2. The van der Waals surface area contributed by atoms with Crippen LogP contribution in [0.4, 0.5) is 0 Å². The summed E-state index contributed by atoms with van der Waals surface area (Å²) in [4.78, 5) is 2.72. The van der Waals surface area contributed by atoms with Crippen molar-refractivity contribution in [3.8, 4) is 20.9 Å². The molecule has 3 aromatic rings. The third kappa shape index (κ3) is 1.89. The van der Waals surface area contributed by atoms with Crippen molar-refractivity contribution in [2.75, 3.05) is 0 Å². The van der Waals surface area contributed by atoms with E-state index >= 15 is 0 Å². The Hall–Kier alpha value is -1.90. The highest BCUT2D eigenvalue weighted by atomic mass is 32.1. The minimum absolute atomic E-state index is 0.739. The van der Waals surface area contributed by atoms with E-state index in [1.165, 1.54) is 32.0 Å². The van der Waals surface area contributed by atoms with Gasteiger partial charge in [-0.2, -0.15) is 0 Å². The molecule has 0 amide bonds. The molecule has 2 heteroatoms. The zero-order valence-corrected chi connectivity index (χ0v) is 11.8. The van der Waals surface area contributed by atoms with E-state index in [1.54, 1.807) is 0 Å². The summed E-state index contributed by atoms with van der Waals surface area (Å²) in [5.74, 6) is 0. The Bertz CT molecular complexity index is 667. The lowest BCUT2D eigenvalue weighted by Gasteiger charge is -2.01. The molecule has 2 heterocycles. The molecule has 0 bridgehead atoms. The molecular formula is C18H14OS. The molecule has 20 heavy (non-hydrogen) atoms. The lowest BCUT2D eigenvalue weighted by Crippen LogP contribution is -1.80. The maximum absolute atomic E-state index is 5.69. The second-order valence-corrected chi connectivity index (χ2v) is 5.96. The lowest BCUT2D eigenvalue weighted by atomic mass is 10.0. The predicted octanol–water partition coefficient (Wildman–Crippen LogP) is 5.11. The van der Waals surface area contributed by atoms with Crippen LogP contribution >= 0.6 is 11.3 Å². The van der Waals surface area contributed by atoms with Gasteiger partial charge >= 0.3 is 0 Å². The van der Waals surface area contributed by atoms with Crippen LogP contribution in [-0.2, 0) is 18.0 Å². The van der Waals surface area contributed by atoms with Crippen LogP contribution in [0.25, 0.3) is 20.9 Å². The van der Waals surface area contributed by atoms with Crippen LogP contribution in [0.2, 0.25) is 0 Å². The average Bonchev–Trinajstić information content (AvgIpc) is 3.11. The third-order valence-corrected chi connectivity index (χ3v) is 5.05. The number of ether oxygens (including phenoxy) is 1. The summed E-state index contributed by atoms with van der Waals surface area (Å²) in [5, 5.41) is 0. The van der Waals surface area contributed by atoms with E-state index in [9.17, 15) is 0 Å². The van der Waals surface area contributed by atoms with Gasteiger partial charge in [0.05, 0.1) is 13.2 Å². The number of thiophene rings is 1. The molecule has 0 spiro atoms. The Morgan fingerprint density at radius 2 is 1.10 bits per heavy atom. The molecule has 1 aliphatic heterocycles. The van der Waals surface area contributed by atoms with E-state index < -0.39 is 0 Å². The van der Waals surface area contributed by atoms with Crippen LogP contribution in [0, 0.1) is 0 Å². The Balaban J connectivity index is 1.91. The molecule has 0 saturated heterocycles.